The van der Waals surface area contributed by atoms with Crippen molar-refractivity contribution in [3.63, 3.8) is 0 Å². The Morgan fingerprint density at radius 3 is 2.87 bits per heavy atom. The second-order valence-electron chi connectivity index (χ2n) is 4.65. The van der Waals surface area contributed by atoms with Crippen molar-refractivity contribution in [1.29, 1.82) is 0 Å². The van der Waals surface area contributed by atoms with Crippen LogP contribution >= 0.6 is 27.3 Å². The Bertz CT molecular complexity index is 789. The molecule has 0 saturated heterocycles. The number of para-hydroxylation sites is 1. The second kappa shape index (κ2) is 6.93. The summed E-state index contributed by atoms with van der Waals surface area (Å²) in [4.78, 5) is 16.1. The van der Waals surface area contributed by atoms with Crippen molar-refractivity contribution in [3.05, 3.63) is 52.6 Å². The predicted octanol–water partition coefficient (Wildman–Crippen LogP) is 3.50. The number of nitrogens with zero attached hydrogens (tertiary/aromatic N) is 3. The lowest BCUT2D eigenvalue weighted by atomic mass is 10.3. The maximum absolute atomic E-state index is 12.1. The van der Waals surface area contributed by atoms with Gasteiger partial charge in [-0.2, -0.15) is 0 Å². The molecule has 23 heavy (non-hydrogen) atoms. The van der Waals surface area contributed by atoms with E-state index in [4.69, 9.17) is 4.74 Å². The van der Waals surface area contributed by atoms with E-state index in [0.29, 0.717) is 15.5 Å². The smallest absolute Gasteiger partial charge is 0.266 e. The van der Waals surface area contributed by atoms with Crippen LogP contribution in [0.4, 0.5) is 5.13 Å². The molecular weight excluding hydrogens is 380 g/mol. The van der Waals surface area contributed by atoms with Crippen molar-refractivity contribution in [2.75, 3.05) is 5.32 Å². The van der Waals surface area contributed by atoms with Crippen LogP contribution in [0.5, 0.6) is 5.88 Å². The fraction of sp³-hybridized carbons (Fsp3) is 0.133. The van der Waals surface area contributed by atoms with Crippen LogP contribution in [0.1, 0.15) is 6.92 Å². The van der Waals surface area contributed by atoms with Gasteiger partial charge in [-0.05, 0) is 35.0 Å². The lowest BCUT2D eigenvalue weighted by molar-refractivity contribution is -0.122. The van der Waals surface area contributed by atoms with E-state index >= 15 is 0 Å². The number of aromatic nitrogens is 3. The van der Waals surface area contributed by atoms with Crippen LogP contribution in [-0.4, -0.2) is 26.8 Å². The molecule has 0 radical (unpaired) electrons. The van der Waals surface area contributed by atoms with E-state index in [1.54, 1.807) is 29.4 Å². The Morgan fingerprint density at radius 1 is 1.39 bits per heavy atom. The van der Waals surface area contributed by atoms with E-state index in [2.05, 4.69) is 31.3 Å². The van der Waals surface area contributed by atoms with E-state index in [-0.39, 0.29) is 5.91 Å². The number of hydrogen-bond acceptors (Lipinski definition) is 5. The van der Waals surface area contributed by atoms with E-state index in [1.807, 2.05) is 30.3 Å². The molecule has 0 aliphatic rings. The van der Waals surface area contributed by atoms with Crippen molar-refractivity contribution in [2.24, 2.45) is 0 Å². The lowest BCUT2D eigenvalue weighted by Gasteiger charge is -2.11. The fourth-order valence-electron chi connectivity index (χ4n) is 1.84. The predicted molar refractivity (Wildman–Crippen MR) is 92.1 cm³/mol. The Balaban J connectivity index is 1.70. The first-order valence-corrected chi connectivity index (χ1v) is 8.48. The SMILES string of the molecule is C[C@H](Oc1nn(-c2ccccc2)cc1Br)C(=O)Nc1nccs1. The highest BCUT2D eigenvalue weighted by molar-refractivity contribution is 9.10. The molecular formula is C15H13BrN4O2S. The van der Waals surface area contributed by atoms with Crippen molar-refractivity contribution in [2.45, 2.75) is 13.0 Å². The maximum Gasteiger partial charge on any atom is 0.266 e. The number of thiazole rings is 1. The largest absolute Gasteiger partial charge is 0.463 e. The Hall–Kier alpha value is -2.19. The van der Waals surface area contributed by atoms with Gasteiger partial charge in [-0.25, -0.2) is 9.67 Å². The molecule has 1 aromatic carbocycles. The van der Waals surface area contributed by atoms with Crippen LogP contribution in [0.15, 0.2) is 52.6 Å². The molecule has 0 aliphatic heterocycles. The summed E-state index contributed by atoms with van der Waals surface area (Å²) in [6.45, 7) is 1.66. The standard InChI is InChI=1S/C15H13BrN4O2S/c1-10(13(21)18-15-17-7-8-23-15)22-14-12(16)9-20(19-14)11-5-3-2-4-6-11/h2-10H,1H3,(H,17,18,21)/t10-/m0/s1. The summed E-state index contributed by atoms with van der Waals surface area (Å²) in [5.74, 6) is 0.0803. The van der Waals surface area contributed by atoms with Crippen LogP contribution in [0.2, 0.25) is 0 Å². The van der Waals surface area contributed by atoms with E-state index in [1.165, 1.54) is 11.3 Å². The Morgan fingerprint density at radius 2 is 2.17 bits per heavy atom. The lowest BCUT2D eigenvalue weighted by Crippen LogP contribution is -2.30. The molecule has 0 spiro atoms. The number of carbonyl (C=O) groups excluding carboxylic acids is 1. The Labute approximate surface area is 145 Å². The zero-order chi connectivity index (χ0) is 16.2. The summed E-state index contributed by atoms with van der Waals surface area (Å²) in [5, 5.41) is 9.38. The molecule has 6 nitrogen and oxygen atoms in total. The molecule has 1 amide bonds. The number of nitrogens with one attached hydrogen (secondary N) is 1. The van der Waals surface area contributed by atoms with E-state index in [9.17, 15) is 4.79 Å². The third-order valence-electron chi connectivity index (χ3n) is 2.98. The molecule has 3 aromatic rings. The number of benzene rings is 1. The van der Waals surface area contributed by atoms with Gasteiger partial charge in [0.15, 0.2) is 11.2 Å². The number of halogens is 1. The van der Waals surface area contributed by atoms with Gasteiger partial charge in [0.1, 0.15) is 0 Å². The summed E-state index contributed by atoms with van der Waals surface area (Å²) >= 11 is 4.75. The molecule has 0 aliphatic carbocycles. The van der Waals surface area contributed by atoms with Gasteiger partial charge in [0.2, 0.25) is 5.88 Å². The topological polar surface area (TPSA) is 69.0 Å². The van der Waals surface area contributed by atoms with E-state index < -0.39 is 6.10 Å². The second-order valence-corrected chi connectivity index (χ2v) is 6.40. The molecule has 0 bridgehead atoms. The summed E-state index contributed by atoms with van der Waals surface area (Å²) < 4.78 is 8.01. The molecule has 0 unspecified atom stereocenters. The first-order valence-electron chi connectivity index (χ1n) is 6.81. The van der Waals surface area contributed by atoms with Crippen LogP contribution in [0.3, 0.4) is 0 Å². The van der Waals surface area contributed by atoms with Gasteiger partial charge in [0.25, 0.3) is 5.91 Å². The van der Waals surface area contributed by atoms with Gasteiger partial charge in [-0.15, -0.1) is 16.4 Å². The molecule has 118 valence electrons. The third kappa shape index (κ3) is 3.77. The van der Waals surface area contributed by atoms with Gasteiger partial charge in [0, 0.05) is 17.8 Å². The molecule has 1 N–H and O–H groups in total. The summed E-state index contributed by atoms with van der Waals surface area (Å²) in [6, 6.07) is 9.65. The van der Waals surface area contributed by atoms with Gasteiger partial charge < -0.3 is 4.74 Å². The van der Waals surface area contributed by atoms with Crippen LogP contribution in [0.25, 0.3) is 5.69 Å². The minimum Gasteiger partial charge on any atom is -0.463 e. The van der Waals surface area contributed by atoms with Crippen molar-refractivity contribution in [1.82, 2.24) is 14.8 Å². The highest BCUT2D eigenvalue weighted by atomic mass is 79.9. The molecule has 3 rings (SSSR count). The average Bonchev–Trinajstić information content (AvgIpc) is 3.18. The number of rotatable bonds is 5. The van der Waals surface area contributed by atoms with Gasteiger partial charge in [-0.3, -0.25) is 10.1 Å². The van der Waals surface area contributed by atoms with Crippen LogP contribution in [0, 0.1) is 0 Å². The molecule has 0 saturated carbocycles. The van der Waals surface area contributed by atoms with Crippen molar-refractivity contribution < 1.29 is 9.53 Å². The van der Waals surface area contributed by atoms with Crippen LogP contribution in [-0.2, 0) is 4.79 Å². The quantitative estimate of drug-likeness (QED) is 0.721. The molecule has 2 aromatic heterocycles. The normalized spacial score (nSPS) is 11.9. The molecule has 1 atom stereocenters. The first kappa shape index (κ1) is 15.7. The van der Waals surface area contributed by atoms with Crippen molar-refractivity contribution in [3.8, 4) is 11.6 Å². The summed E-state index contributed by atoms with van der Waals surface area (Å²) in [7, 11) is 0. The number of hydrogen-bond donors (Lipinski definition) is 1. The maximum atomic E-state index is 12.1. The van der Waals surface area contributed by atoms with Crippen LogP contribution < -0.4 is 10.1 Å². The highest BCUT2D eigenvalue weighted by Gasteiger charge is 2.19. The van der Waals surface area contributed by atoms with Gasteiger partial charge in [-0.1, -0.05) is 18.2 Å². The monoisotopic (exact) mass is 392 g/mol. The van der Waals surface area contributed by atoms with Gasteiger partial charge in [0.05, 0.1) is 10.2 Å². The highest BCUT2D eigenvalue weighted by Crippen LogP contribution is 2.25. The summed E-state index contributed by atoms with van der Waals surface area (Å²) in [6.07, 6.45) is 2.72. The number of anilines is 1. The molecule has 8 heteroatoms. The number of amides is 1. The number of ether oxygens (including phenoxy) is 1. The summed E-state index contributed by atoms with van der Waals surface area (Å²) in [5.41, 5.74) is 0.906. The molecule has 0 fully saturated rings. The zero-order valence-corrected chi connectivity index (χ0v) is 14.5. The first-order chi connectivity index (χ1) is 11.1. The zero-order valence-electron chi connectivity index (χ0n) is 12.1. The van der Waals surface area contributed by atoms with Gasteiger partial charge >= 0.3 is 0 Å². The average molecular weight is 393 g/mol. The third-order valence-corrected chi connectivity index (χ3v) is 4.21. The molecule has 2 heterocycles. The fourth-order valence-corrected chi connectivity index (χ4v) is 2.74. The Kier molecular flexibility index (Phi) is 4.73. The van der Waals surface area contributed by atoms with E-state index in [0.717, 1.165) is 5.69 Å². The minimum absolute atomic E-state index is 0.277. The van der Waals surface area contributed by atoms with Crippen molar-refractivity contribution >= 4 is 38.3 Å². The number of carbonyl (C=O) groups is 1. The minimum atomic E-state index is -0.700.